The second-order valence-electron chi connectivity index (χ2n) is 5.17. The van der Waals surface area contributed by atoms with E-state index in [1.807, 2.05) is 32.9 Å². The molecule has 0 spiro atoms. The van der Waals surface area contributed by atoms with E-state index in [9.17, 15) is 8.42 Å². The van der Waals surface area contributed by atoms with E-state index in [4.69, 9.17) is 9.88 Å². The molecule has 0 aliphatic heterocycles. The number of hydrogen-bond acceptors (Lipinski definition) is 3. The summed E-state index contributed by atoms with van der Waals surface area (Å²) in [7, 11) is -3.46. The highest BCUT2D eigenvalue weighted by Crippen LogP contribution is 2.26. The van der Waals surface area contributed by atoms with Crippen molar-refractivity contribution in [2.45, 2.75) is 33.6 Å². The number of ether oxygens (including phenoxy) is 1. The molecular formula is C14H22BrNO3S. The lowest BCUT2D eigenvalue weighted by Crippen LogP contribution is -2.27. The van der Waals surface area contributed by atoms with Crippen LogP contribution in [0.4, 0.5) is 0 Å². The second-order valence-corrected chi connectivity index (χ2v) is 7.62. The van der Waals surface area contributed by atoms with Gasteiger partial charge in [-0.25, -0.2) is 13.6 Å². The first kappa shape index (κ1) is 17.5. The number of sulfonamides is 1. The molecule has 0 fully saturated rings. The Bertz CT molecular complexity index is 535. The maximum Gasteiger partial charge on any atom is 0.209 e. The maximum absolute atomic E-state index is 11.2. The molecule has 1 aromatic carbocycles. The molecule has 0 saturated carbocycles. The summed E-state index contributed by atoms with van der Waals surface area (Å²) in [6.45, 7) is 6.38. The first-order valence-corrected chi connectivity index (χ1v) is 9.13. The quantitative estimate of drug-likeness (QED) is 0.808. The Hall–Kier alpha value is -0.590. The van der Waals surface area contributed by atoms with E-state index in [-0.39, 0.29) is 11.7 Å². The SMILES string of the molecule is CCCC(COc1cc(C)c(Br)c(C)c1)CS(N)(=O)=O. The molecule has 4 nitrogen and oxygen atoms in total. The first-order valence-electron chi connectivity index (χ1n) is 6.63. The summed E-state index contributed by atoms with van der Waals surface area (Å²) >= 11 is 3.51. The average molecular weight is 364 g/mol. The molecule has 0 saturated heterocycles. The van der Waals surface area contributed by atoms with Crippen LogP contribution < -0.4 is 9.88 Å². The van der Waals surface area contributed by atoms with Crippen molar-refractivity contribution < 1.29 is 13.2 Å². The van der Waals surface area contributed by atoms with Crippen molar-refractivity contribution in [3.63, 3.8) is 0 Å². The summed E-state index contributed by atoms with van der Waals surface area (Å²) in [5.74, 6) is 0.660. The van der Waals surface area contributed by atoms with Crippen LogP contribution in [0.5, 0.6) is 5.75 Å². The van der Waals surface area contributed by atoms with Crippen molar-refractivity contribution in [2.75, 3.05) is 12.4 Å². The summed E-state index contributed by atoms with van der Waals surface area (Å²) in [6, 6.07) is 3.88. The van der Waals surface area contributed by atoms with Gasteiger partial charge in [0.15, 0.2) is 0 Å². The molecule has 0 bridgehead atoms. The minimum Gasteiger partial charge on any atom is -0.493 e. The van der Waals surface area contributed by atoms with Crippen molar-refractivity contribution >= 4 is 26.0 Å². The van der Waals surface area contributed by atoms with Crippen LogP contribution in [0.15, 0.2) is 16.6 Å². The first-order chi connectivity index (χ1) is 9.23. The molecule has 6 heteroatoms. The molecule has 0 amide bonds. The number of rotatable bonds is 7. The molecule has 0 aliphatic rings. The fourth-order valence-corrected chi connectivity index (χ4v) is 3.30. The highest BCUT2D eigenvalue weighted by atomic mass is 79.9. The van der Waals surface area contributed by atoms with Crippen LogP contribution in [-0.4, -0.2) is 20.8 Å². The maximum atomic E-state index is 11.2. The summed E-state index contributed by atoms with van der Waals surface area (Å²) in [5, 5.41) is 5.11. The van der Waals surface area contributed by atoms with Gasteiger partial charge in [-0.1, -0.05) is 29.3 Å². The van der Waals surface area contributed by atoms with E-state index in [1.54, 1.807) is 0 Å². The fourth-order valence-electron chi connectivity index (χ4n) is 2.16. The van der Waals surface area contributed by atoms with Crippen molar-refractivity contribution in [1.29, 1.82) is 0 Å². The summed E-state index contributed by atoms with van der Waals surface area (Å²) < 4.78 is 29.2. The van der Waals surface area contributed by atoms with E-state index < -0.39 is 10.0 Å². The number of aryl methyl sites for hydroxylation is 2. The van der Waals surface area contributed by atoms with Gasteiger partial charge < -0.3 is 4.74 Å². The highest BCUT2D eigenvalue weighted by Gasteiger charge is 2.16. The Labute approximate surface area is 129 Å². The van der Waals surface area contributed by atoms with Crippen molar-refractivity contribution in [3.05, 3.63) is 27.7 Å². The Morgan fingerprint density at radius 2 is 1.85 bits per heavy atom. The van der Waals surface area contributed by atoms with Crippen molar-refractivity contribution in [2.24, 2.45) is 11.1 Å². The van der Waals surface area contributed by atoms with Crippen LogP contribution in [0.2, 0.25) is 0 Å². The zero-order chi connectivity index (χ0) is 15.3. The van der Waals surface area contributed by atoms with Crippen molar-refractivity contribution in [3.8, 4) is 5.75 Å². The Morgan fingerprint density at radius 3 is 2.30 bits per heavy atom. The number of hydrogen-bond donors (Lipinski definition) is 1. The molecule has 0 radical (unpaired) electrons. The highest BCUT2D eigenvalue weighted by molar-refractivity contribution is 9.10. The molecule has 0 aliphatic carbocycles. The van der Waals surface area contributed by atoms with Crippen LogP contribution >= 0.6 is 15.9 Å². The molecule has 1 atom stereocenters. The third-order valence-corrected chi connectivity index (χ3v) is 5.25. The number of halogens is 1. The van der Waals surface area contributed by atoms with Crippen LogP contribution in [0.1, 0.15) is 30.9 Å². The summed E-state index contributed by atoms with van der Waals surface area (Å²) in [5.41, 5.74) is 2.19. The summed E-state index contributed by atoms with van der Waals surface area (Å²) in [4.78, 5) is 0. The zero-order valence-corrected chi connectivity index (χ0v) is 14.6. The van der Waals surface area contributed by atoms with Gasteiger partial charge in [-0.3, -0.25) is 0 Å². The molecule has 1 aromatic rings. The lowest BCUT2D eigenvalue weighted by molar-refractivity contribution is 0.252. The Balaban J connectivity index is 2.72. The van der Waals surface area contributed by atoms with Crippen LogP contribution in [0, 0.1) is 19.8 Å². The Kier molecular flexibility index (Phi) is 6.48. The second kappa shape index (κ2) is 7.43. The van der Waals surface area contributed by atoms with E-state index in [0.29, 0.717) is 6.61 Å². The normalized spacial score (nSPS) is 13.2. The predicted octanol–water partition coefficient (Wildman–Crippen LogP) is 3.15. The largest absolute Gasteiger partial charge is 0.493 e. The Morgan fingerprint density at radius 1 is 1.30 bits per heavy atom. The van der Waals surface area contributed by atoms with Gasteiger partial charge in [0, 0.05) is 10.4 Å². The average Bonchev–Trinajstić information content (AvgIpc) is 2.31. The van der Waals surface area contributed by atoms with Crippen LogP contribution in [0.3, 0.4) is 0 Å². The standard InChI is InChI=1S/C14H22BrNO3S/c1-4-5-12(9-20(16,17)18)8-19-13-6-10(2)14(15)11(3)7-13/h6-7,12H,4-5,8-9H2,1-3H3,(H2,16,17,18). The minimum atomic E-state index is -3.46. The van der Waals surface area contributed by atoms with Gasteiger partial charge in [0.05, 0.1) is 12.4 Å². The molecule has 20 heavy (non-hydrogen) atoms. The predicted molar refractivity (Wildman–Crippen MR) is 85.5 cm³/mol. The molecule has 1 rings (SSSR count). The summed E-state index contributed by atoms with van der Waals surface area (Å²) in [6.07, 6.45) is 1.69. The van der Waals surface area contributed by atoms with Gasteiger partial charge in [0.2, 0.25) is 10.0 Å². The van der Waals surface area contributed by atoms with E-state index >= 15 is 0 Å². The third kappa shape index (κ3) is 5.81. The third-order valence-electron chi connectivity index (χ3n) is 3.06. The monoisotopic (exact) mass is 363 g/mol. The molecule has 114 valence electrons. The van der Waals surface area contributed by atoms with Crippen molar-refractivity contribution in [1.82, 2.24) is 0 Å². The lowest BCUT2D eigenvalue weighted by atomic mass is 10.1. The van der Waals surface area contributed by atoms with Gasteiger partial charge in [-0.15, -0.1) is 0 Å². The molecule has 2 N–H and O–H groups in total. The van der Waals surface area contributed by atoms with Gasteiger partial charge in [0.25, 0.3) is 0 Å². The van der Waals surface area contributed by atoms with Crippen LogP contribution in [-0.2, 0) is 10.0 Å². The van der Waals surface area contributed by atoms with E-state index in [2.05, 4.69) is 15.9 Å². The molecule has 1 unspecified atom stereocenters. The molecule has 0 aromatic heterocycles. The zero-order valence-electron chi connectivity index (χ0n) is 12.1. The van der Waals surface area contributed by atoms with Gasteiger partial charge >= 0.3 is 0 Å². The van der Waals surface area contributed by atoms with E-state index in [0.717, 1.165) is 34.2 Å². The smallest absolute Gasteiger partial charge is 0.209 e. The molecule has 0 heterocycles. The lowest BCUT2D eigenvalue weighted by Gasteiger charge is -2.17. The minimum absolute atomic E-state index is 0.0324. The van der Waals surface area contributed by atoms with Gasteiger partial charge in [-0.05, 0) is 43.5 Å². The number of primary sulfonamides is 1. The van der Waals surface area contributed by atoms with Gasteiger partial charge in [-0.2, -0.15) is 0 Å². The molecular weight excluding hydrogens is 342 g/mol. The topological polar surface area (TPSA) is 69.4 Å². The fraction of sp³-hybridized carbons (Fsp3) is 0.571. The van der Waals surface area contributed by atoms with Crippen LogP contribution in [0.25, 0.3) is 0 Å². The van der Waals surface area contributed by atoms with E-state index in [1.165, 1.54) is 0 Å². The van der Waals surface area contributed by atoms with Gasteiger partial charge in [0.1, 0.15) is 5.75 Å². The number of benzene rings is 1. The number of nitrogens with two attached hydrogens (primary N) is 1.